The Kier molecular flexibility index (Phi) is 4.73. The summed E-state index contributed by atoms with van der Waals surface area (Å²) in [6.07, 6.45) is 6.04. The van der Waals surface area contributed by atoms with Crippen LogP contribution < -0.4 is 10.4 Å². The Morgan fingerprint density at radius 3 is 2.30 bits per heavy atom. The van der Waals surface area contributed by atoms with E-state index in [9.17, 15) is 0 Å². The Labute approximate surface area is 121 Å². The van der Waals surface area contributed by atoms with Gasteiger partial charge in [0.2, 0.25) is 0 Å². The van der Waals surface area contributed by atoms with Gasteiger partial charge in [0.05, 0.1) is 0 Å². The third-order valence-corrected chi connectivity index (χ3v) is 4.11. The summed E-state index contributed by atoms with van der Waals surface area (Å²) in [6, 6.07) is 10.7. The molecule has 1 aromatic heterocycles. The minimum absolute atomic E-state index is 0.538. The van der Waals surface area contributed by atoms with Gasteiger partial charge in [-0.2, -0.15) is 0 Å². The first-order chi connectivity index (χ1) is 9.61. The number of benzene rings is 1. The zero-order valence-corrected chi connectivity index (χ0v) is 12.5. The summed E-state index contributed by atoms with van der Waals surface area (Å²) in [5.41, 5.74) is 2.74. The van der Waals surface area contributed by atoms with E-state index in [1.165, 1.54) is 11.1 Å². The Hall–Kier alpha value is -1.89. The van der Waals surface area contributed by atoms with Gasteiger partial charge in [-0.05, 0) is 58.4 Å². The van der Waals surface area contributed by atoms with Crippen LogP contribution in [-0.2, 0) is 0 Å². The Balaban J connectivity index is 2.18. The third kappa shape index (κ3) is 3.36. The second-order valence-electron chi connectivity index (χ2n) is 5.55. The van der Waals surface area contributed by atoms with Gasteiger partial charge in [0.25, 0.3) is 0 Å². The van der Waals surface area contributed by atoms with Crippen LogP contribution in [0.1, 0.15) is 49.7 Å². The van der Waals surface area contributed by atoms with Gasteiger partial charge in [-0.1, -0.05) is 45.2 Å². The lowest BCUT2D eigenvalue weighted by Crippen LogP contribution is -2.22. The van der Waals surface area contributed by atoms with Crippen molar-refractivity contribution in [3.63, 3.8) is 0 Å². The van der Waals surface area contributed by atoms with Crippen LogP contribution in [0, 0.1) is 0 Å². The molecule has 104 valence electrons. The van der Waals surface area contributed by atoms with E-state index in [4.69, 9.17) is 0 Å². The molecule has 0 saturated heterocycles. The summed E-state index contributed by atoms with van der Waals surface area (Å²) in [4.78, 5) is 4.09. The van der Waals surface area contributed by atoms with Gasteiger partial charge in [0.15, 0.2) is 0 Å². The zero-order valence-electron chi connectivity index (χ0n) is 12.5. The van der Waals surface area contributed by atoms with Gasteiger partial charge in [-0.3, -0.25) is 4.98 Å². The van der Waals surface area contributed by atoms with Crippen molar-refractivity contribution in [2.75, 3.05) is 0 Å². The normalized spacial score (nSPS) is 13.9. The van der Waals surface area contributed by atoms with Crippen LogP contribution >= 0.6 is 0 Å². The Bertz CT molecular complexity index is 645. The number of hydrogen-bond donors (Lipinski definition) is 0. The zero-order chi connectivity index (χ0) is 14.5. The first kappa shape index (κ1) is 14.5. The summed E-state index contributed by atoms with van der Waals surface area (Å²) in [5, 5.41) is 2.06. The van der Waals surface area contributed by atoms with Crippen molar-refractivity contribution in [2.45, 2.75) is 38.5 Å². The van der Waals surface area contributed by atoms with Gasteiger partial charge in [-0.15, -0.1) is 0 Å². The van der Waals surface area contributed by atoms with Crippen LogP contribution in [0.15, 0.2) is 42.7 Å². The largest absolute Gasteiger partial charge is 0.265 e. The molecule has 0 bridgehead atoms. The molecule has 0 fully saturated rings. The molecule has 0 aliphatic rings. The van der Waals surface area contributed by atoms with E-state index in [2.05, 4.69) is 62.3 Å². The smallest absolute Gasteiger partial charge is 0.0270 e. The van der Waals surface area contributed by atoms with E-state index in [1.54, 1.807) is 0 Å². The summed E-state index contributed by atoms with van der Waals surface area (Å²) < 4.78 is 0. The van der Waals surface area contributed by atoms with E-state index < -0.39 is 0 Å². The minimum atomic E-state index is 0.538. The maximum Gasteiger partial charge on any atom is 0.0270 e. The van der Waals surface area contributed by atoms with Crippen LogP contribution in [0.3, 0.4) is 0 Å². The summed E-state index contributed by atoms with van der Waals surface area (Å²) in [6.45, 7) is 12.6. The lowest BCUT2D eigenvalue weighted by molar-refractivity contribution is 0.544. The molecule has 1 nitrogen and oxygen atoms in total. The molecular formula is C19H23N. The average Bonchev–Trinajstić information content (AvgIpc) is 2.48. The standard InChI is InChI=1S/C19H23N/c1-5-17(19-7-6-14(2)15(3)12-19)13-16(4)18-8-10-20-11-9-18/h6-12,16-17H,2-3,5,13H2,1,4H3. The molecule has 2 unspecified atom stereocenters. The predicted molar refractivity (Wildman–Crippen MR) is 87.0 cm³/mol. The Morgan fingerprint density at radius 1 is 1.00 bits per heavy atom. The quantitative estimate of drug-likeness (QED) is 0.805. The van der Waals surface area contributed by atoms with Crippen molar-refractivity contribution in [2.24, 2.45) is 0 Å². The monoisotopic (exact) mass is 265 g/mol. The highest BCUT2D eigenvalue weighted by molar-refractivity contribution is 5.26. The molecule has 0 spiro atoms. The maximum absolute atomic E-state index is 4.09. The molecule has 2 rings (SSSR count). The van der Waals surface area contributed by atoms with Crippen LogP contribution in [-0.4, -0.2) is 4.98 Å². The SMILES string of the molecule is C=c1ccc(C(CC)CC(C)c2ccncc2)cc1=C. The predicted octanol–water partition coefficient (Wildman–Crippen LogP) is 3.59. The first-order valence-corrected chi connectivity index (χ1v) is 7.29. The minimum Gasteiger partial charge on any atom is -0.265 e. The van der Waals surface area contributed by atoms with Crippen molar-refractivity contribution in [3.05, 3.63) is 64.3 Å². The highest BCUT2D eigenvalue weighted by atomic mass is 14.6. The highest BCUT2D eigenvalue weighted by Gasteiger charge is 2.15. The highest BCUT2D eigenvalue weighted by Crippen LogP contribution is 2.30. The fourth-order valence-electron chi connectivity index (χ4n) is 2.69. The van der Waals surface area contributed by atoms with E-state index in [0.717, 1.165) is 23.3 Å². The number of hydrogen-bond acceptors (Lipinski definition) is 1. The molecule has 0 radical (unpaired) electrons. The first-order valence-electron chi connectivity index (χ1n) is 7.29. The number of pyridine rings is 1. The number of nitrogens with zero attached hydrogens (tertiary/aromatic N) is 1. The molecule has 20 heavy (non-hydrogen) atoms. The van der Waals surface area contributed by atoms with E-state index in [-0.39, 0.29) is 0 Å². The van der Waals surface area contributed by atoms with Crippen LogP contribution in [0.4, 0.5) is 0 Å². The third-order valence-electron chi connectivity index (χ3n) is 4.11. The van der Waals surface area contributed by atoms with Crippen molar-refractivity contribution in [3.8, 4) is 0 Å². The number of aromatic nitrogens is 1. The fourth-order valence-corrected chi connectivity index (χ4v) is 2.69. The molecule has 2 aromatic rings. The lowest BCUT2D eigenvalue weighted by Gasteiger charge is -2.20. The Morgan fingerprint density at radius 2 is 1.70 bits per heavy atom. The van der Waals surface area contributed by atoms with Crippen molar-refractivity contribution < 1.29 is 0 Å². The van der Waals surface area contributed by atoms with Crippen LogP contribution in [0.25, 0.3) is 13.2 Å². The van der Waals surface area contributed by atoms with Gasteiger partial charge in [0.1, 0.15) is 0 Å². The second-order valence-corrected chi connectivity index (χ2v) is 5.55. The van der Waals surface area contributed by atoms with Crippen molar-refractivity contribution >= 4 is 13.2 Å². The van der Waals surface area contributed by atoms with E-state index in [1.807, 2.05) is 12.4 Å². The molecule has 0 saturated carbocycles. The fraction of sp³-hybridized carbons (Fsp3) is 0.316. The molecular weight excluding hydrogens is 242 g/mol. The van der Waals surface area contributed by atoms with Gasteiger partial charge in [0, 0.05) is 12.4 Å². The topological polar surface area (TPSA) is 12.9 Å². The van der Waals surface area contributed by atoms with E-state index >= 15 is 0 Å². The molecule has 0 N–H and O–H groups in total. The van der Waals surface area contributed by atoms with Gasteiger partial charge >= 0.3 is 0 Å². The van der Waals surface area contributed by atoms with Gasteiger partial charge < -0.3 is 0 Å². The van der Waals surface area contributed by atoms with Crippen LogP contribution in [0.2, 0.25) is 0 Å². The van der Waals surface area contributed by atoms with Crippen molar-refractivity contribution in [1.29, 1.82) is 0 Å². The van der Waals surface area contributed by atoms with Crippen LogP contribution in [0.5, 0.6) is 0 Å². The molecule has 2 atom stereocenters. The van der Waals surface area contributed by atoms with Crippen molar-refractivity contribution in [1.82, 2.24) is 4.98 Å². The van der Waals surface area contributed by atoms with E-state index in [0.29, 0.717) is 11.8 Å². The molecule has 1 heterocycles. The second kappa shape index (κ2) is 6.51. The summed E-state index contributed by atoms with van der Waals surface area (Å²) in [5.74, 6) is 1.11. The molecule has 1 heteroatoms. The lowest BCUT2D eigenvalue weighted by atomic mass is 9.84. The maximum atomic E-state index is 4.09. The molecule has 0 aliphatic carbocycles. The van der Waals surface area contributed by atoms with Gasteiger partial charge in [-0.25, -0.2) is 0 Å². The average molecular weight is 265 g/mol. The molecule has 0 aliphatic heterocycles. The summed E-state index contributed by atoms with van der Waals surface area (Å²) >= 11 is 0. The molecule has 0 amide bonds. The summed E-state index contributed by atoms with van der Waals surface area (Å²) in [7, 11) is 0. The number of rotatable bonds is 5. The molecule has 1 aromatic carbocycles.